The third-order valence-corrected chi connectivity index (χ3v) is 3.55. The van der Waals surface area contributed by atoms with Crippen molar-refractivity contribution in [1.29, 1.82) is 0 Å². The predicted octanol–water partition coefficient (Wildman–Crippen LogP) is 3.82. The lowest BCUT2D eigenvalue weighted by molar-refractivity contribution is -0.116. The summed E-state index contributed by atoms with van der Waals surface area (Å²) < 4.78 is 2.09. The molecule has 0 N–H and O–H groups in total. The molecule has 0 fully saturated rings. The van der Waals surface area contributed by atoms with E-state index in [4.69, 9.17) is 0 Å². The molecule has 2 aromatic heterocycles. The Hall–Kier alpha value is -1.81. The molecule has 0 spiro atoms. The van der Waals surface area contributed by atoms with Crippen LogP contribution >= 0.6 is 11.8 Å². The molecular formula is C16H18N2OS. The minimum Gasteiger partial charge on any atom is -0.300 e. The van der Waals surface area contributed by atoms with Gasteiger partial charge in [-0.2, -0.15) is 11.8 Å². The Morgan fingerprint density at radius 1 is 1.25 bits per heavy atom. The van der Waals surface area contributed by atoms with Crippen molar-refractivity contribution < 1.29 is 4.79 Å². The topological polar surface area (TPSA) is 34.4 Å². The average molecular weight is 286 g/mol. The Morgan fingerprint density at radius 2 is 2.05 bits per heavy atom. The van der Waals surface area contributed by atoms with Crippen LogP contribution in [-0.2, 0) is 4.79 Å². The number of benzene rings is 1. The lowest BCUT2D eigenvalue weighted by Gasteiger charge is -1.99. The van der Waals surface area contributed by atoms with E-state index < -0.39 is 0 Å². The van der Waals surface area contributed by atoms with Gasteiger partial charge < -0.3 is 0 Å². The Bertz CT molecular complexity index is 706. The molecule has 0 amide bonds. The molecule has 2 heterocycles. The number of aromatic nitrogens is 2. The zero-order valence-electron chi connectivity index (χ0n) is 11.7. The molecule has 0 bridgehead atoms. The van der Waals surface area contributed by atoms with Gasteiger partial charge >= 0.3 is 0 Å². The molecule has 3 aromatic rings. The number of fused-ring (bicyclic) bond motifs is 3. The molecule has 20 heavy (non-hydrogen) atoms. The Labute approximate surface area is 123 Å². The Morgan fingerprint density at radius 3 is 2.75 bits per heavy atom. The van der Waals surface area contributed by atoms with E-state index in [-0.39, 0.29) is 5.78 Å². The van der Waals surface area contributed by atoms with Crippen LogP contribution in [0, 0.1) is 0 Å². The number of rotatable bonds is 3. The second kappa shape index (κ2) is 7.10. The molecule has 1 aromatic carbocycles. The SMILES string of the molecule is CSCCC(C)=O.c1ccc2c(c1)ccc1nccn12. The molecule has 0 aliphatic rings. The summed E-state index contributed by atoms with van der Waals surface area (Å²) in [5, 5.41) is 1.24. The lowest BCUT2D eigenvalue weighted by atomic mass is 10.2. The number of thioether (sulfide) groups is 1. The molecule has 3 nitrogen and oxygen atoms in total. The average Bonchev–Trinajstić information content (AvgIpc) is 2.94. The smallest absolute Gasteiger partial charge is 0.137 e. The number of hydrogen-bond acceptors (Lipinski definition) is 3. The Balaban J connectivity index is 0.000000182. The molecule has 3 rings (SSSR count). The summed E-state index contributed by atoms with van der Waals surface area (Å²) in [6.07, 6.45) is 6.53. The van der Waals surface area contributed by atoms with Crippen LogP contribution in [0.5, 0.6) is 0 Å². The van der Waals surface area contributed by atoms with Crippen molar-refractivity contribution in [3.63, 3.8) is 0 Å². The first-order chi connectivity index (χ1) is 9.72. The summed E-state index contributed by atoms with van der Waals surface area (Å²) in [7, 11) is 0. The summed E-state index contributed by atoms with van der Waals surface area (Å²) in [6.45, 7) is 1.62. The quantitative estimate of drug-likeness (QED) is 0.734. The van der Waals surface area contributed by atoms with Gasteiger partial charge in [0.05, 0.1) is 5.52 Å². The predicted molar refractivity (Wildman–Crippen MR) is 86.4 cm³/mol. The number of Topliss-reactive ketones (excluding diaryl/α,β-unsaturated/α-hetero) is 1. The van der Waals surface area contributed by atoms with Gasteiger partial charge in [-0.25, -0.2) is 4.98 Å². The number of carbonyl (C=O) groups excluding carboxylic acids is 1. The van der Waals surface area contributed by atoms with Crippen LogP contribution in [0.3, 0.4) is 0 Å². The van der Waals surface area contributed by atoms with E-state index >= 15 is 0 Å². The third-order valence-electron chi connectivity index (χ3n) is 2.94. The van der Waals surface area contributed by atoms with Crippen molar-refractivity contribution >= 4 is 34.1 Å². The highest BCUT2D eigenvalue weighted by Crippen LogP contribution is 2.15. The molecule has 0 radical (unpaired) electrons. The normalized spacial score (nSPS) is 10.3. The van der Waals surface area contributed by atoms with Gasteiger partial charge in [0, 0.05) is 18.8 Å². The molecular weight excluding hydrogens is 268 g/mol. The van der Waals surface area contributed by atoms with Gasteiger partial charge in [0.25, 0.3) is 0 Å². The molecule has 0 saturated heterocycles. The summed E-state index contributed by atoms with van der Waals surface area (Å²) in [5.74, 6) is 1.25. The van der Waals surface area contributed by atoms with Crippen molar-refractivity contribution in [2.75, 3.05) is 12.0 Å². The van der Waals surface area contributed by atoms with Crippen molar-refractivity contribution in [3.8, 4) is 0 Å². The van der Waals surface area contributed by atoms with Gasteiger partial charge in [-0.3, -0.25) is 9.20 Å². The number of para-hydroxylation sites is 1. The fraction of sp³-hybridized carbons (Fsp3) is 0.250. The largest absolute Gasteiger partial charge is 0.300 e. The Kier molecular flexibility index (Phi) is 5.18. The maximum atomic E-state index is 10.2. The summed E-state index contributed by atoms with van der Waals surface area (Å²) in [6, 6.07) is 12.4. The number of pyridine rings is 1. The standard InChI is InChI=1S/C11H8N2.C5H10OS/c1-2-4-10-9(3-1)5-6-11-12-7-8-13(10)11;1-5(6)3-4-7-2/h1-8H;3-4H2,1-2H3. The van der Waals surface area contributed by atoms with Gasteiger partial charge in [-0.05, 0) is 42.5 Å². The highest BCUT2D eigenvalue weighted by Gasteiger charge is 1.97. The van der Waals surface area contributed by atoms with E-state index in [0.29, 0.717) is 0 Å². The van der Waals surface area contributed by atoms with E-state index in [1.807, 2.05) is 36.8 Å². The minimum absolute atomic E-state index is 0.286. The molecule has 0 unspecified atom stereocenters. The van der Waals surface area contributed by atoms with Gasteiger partial charge in [0.1, 0.15) is 11.4 Å². The molecule has 0 aliphatic carbocycles. The molecule has 104 valence electrons. The fourth-order valence-corrected chi connectivity index (χ4v) is 2.39. The van der Waals surface area contributed by atoms with Crippen molar-refractivity contribution in [2.24, 2.45) is 0 Å². The summed E-state index contributed by atoms with van der Waals surface area (Å²) in [4.78, 5) is 14.4. The molecule has 0 aliphatic heterocycles. The highest BCUT2D eigenvalue weighted by atomic mass is 32.2. The van der Waals surface area contributed by atoms with Crippen LogP contribution in [0.4, 0.5) is 0 Å². The van der Waals surface area contributed by atoms with Crippen LogP contribution in [0.25, 0.3) is 16.6 Å². The van der Waals surface area contributed by atoms with Gasteiger partial charge in [0.15, 0.2) is 0 Å². The zero-order chi connectivity index (χ0) is 14.4. The van der Waals surface area contributed by atoms with Crippen molar-refractivity contribution in [2.45, 2.75) is 13.3 Å². The number of ketones is 1. The second-order valence-electron chi connectivity index (χ2n) is 4.49. The first-order valence-electron chi connectivity index (χ1n) is 6.51. The van der Waals surface area contributed by atoms with Gasteiger partial charge in [-0.15, -0.1) is 0 Å². The first-order valence-corrected chi connectivity index (χ1v) is 7.91. The maximum absolute atomic E-state index is 10.2. The second-order valence-corrected chi connectivity index (χ2v) is 5.48. The van der Waals surface area contributed by atoms with Gasteiger partial charge in [0.2, 0.25) is 0 Å². The van der Waals surface area contributed by atoms with Crippen LogP contribution in [0.2, 0.25) is 0 Å². The molecule has 0 atom stereocenters. The van der Waals surface area contributed by atoms with Gasteiger partial charge in [-0.1, -0.05) is 18.2 Å². The first kappa shape index (κ1) is 14.6. The summed E-state index contributed by atoms with van der Waals surface area (Å²) >= 11 is 1.71. The van der Waals surface area contributed by atoms with Crippen LogP contribution < -0.4 is 0 Å². The van der Waals surface area contributed by atoms with Crippen molar-refractivity contribution in [1.82, 2.24) is 9.38 Å². The highest BCUT2D eigenvalue weighted by molar-refractivity contribution is 7.98. The zero-order valence-corrected chi connectivity index (χ0v) is 12.6. The minimum atomic E-state index is 0.286. The molecule has 4 heteroatoms. The monoisotopic (exact) mass is 286 g/mol. The van der Waals surface area contributed by atoms with Crippen LogP contribution in [0.15, 0.2) is 48.8 Å². The van der Waals surface area contributed by atoms with E-state index in [1.54, 1.807) is 18.7 Å². The van der Waals surface area contributed by atoms with Crippen molar-refractivity contribution in [3.05, 3.63) is 48.8 Å². The fourth-order valence-electron chi connectivity index (χ4n) is 1.90. The number of imidazole rings is 1. The van der Waals surface area contributed by atoms with Crippen LogP contribution in [-0.4, -0.2) is 27.2 Å². The van der Waals surface area contributed by atoms with E-state index in [2.05, 4.69) is 27.6 Å². The van der Waals surface area contributed by atoms with Crippen LogP contribution in [0.1, 0.15) is 13.3 Å². The number of hydrogen-bond donors (Lipinski definition) is 0. The third kappa shape index (κ3) is 3.61. The lowest BCUT2D eigenvalue weighted by Crippen LogP contribution is -1.89. The van der Waals surface area contributed by atoms with E-state index in [0.717, 1.165) is 17.8 Å². The number of nitrogens with zero attached hydrogens (tertiary/aromatic N) is 2. The molecule has 0 saturated carbocycles. The maximum Gasteiger partial charge on any atom is 0.137 e. The number of carbonyl (C=O) groups is 1. The van der Waals surface area contributed by atoms with E-state index in [9.17, 15) is 4.79 Å². The van der Waals surface area contributed by atoms with E-state index in [1.165, 1.54) is 10.9 Å². The summed E-state index contributed by atoms with van der Waals surface area (Å²) in [5.41, 5.74) is 2.20.